The Balaban J connectivity index is 1.58. The van der Waals surface area contributed by atoms with Crippen molar-refractivity contribution in [2.75, 3.05) is 45.1 Å². The highest BCUT2D eigenvalue weighted by atomic mass is 32.2. The van der Waals surface area contributed by atoms with Crippen molar-refractivity contribution >= 4 is 16.0 Å². The van der Waals surface area contributed by atoms with Gasteiger partial charge in [-0.25, -0.2) is 13.1 Å². The summed E-state index contributed by atoms with van der Waals surface area (Å²) in [6.07, 6.45) is 3.46. The number of sulfonamides is 1. The average Bonchev–Trinajstić information content (AvgIpc) is 2.66. The number of morpholine rings is 1. The van der Waals surface area contributed by atoms with Crippen LogP contribution in [0.25, 0.3) is 0 Å². The topological polar surface area (TPSA) is 83.0 Å². The van der Waals surface area contributed by atoms with Crippen molar-refractivity contribution in [1.82, 2.24) is 14.9 Å². The van der Waals surface area contributed by atoms with Crippen LogP contribution in [0.2, 0.25) is 0 Å². The first-order chi connectivity index (χ1) is 14.0. The molecule has 2 fully saturated rings. The van der Waals surface area contributed by atoms with Gasteiger partial charge in [-0.15, -0.1) is 0 Å². The molecule has 1 saturated heterocycles. The molecule has 8 heteroatoms. The number of rotatable bonds is 8. The minimum atomic E-state index is -3.28. The molecule has 1 aliphatic heterocycles. The van der Waals surface area contributed by atoms with Gasteiger partial charge < -0.3 is 15.0 Å². The second kappa shape index (κ2) is 10.4. The average molecular weight is 423 g/mol. The van der Waals surface area contributed by atoms with Crippen molar-refractivity contribution in [2.45, 2.75) is 39.2 Å². The van der Waals surface area contributed by atoms with Crippen LogP contribution in [0.3, 0.4) is 0 Å². The molecule has 0 spiro atoms. The van der Waals surface area contributed by atoms with E-state index in [-0.39, 0.29) is 18.4 Å². The molecule has 29 heavy (non-hydrogen) atoms. The van der Waals surface area contributed by atoms with Crippen LogP contribution in [-0.2, 0) is 14.8 Å². The van der Waals surface area contributed by atoms with Crippen LogP contribution in [0.1, 0.15) is 43.4 Å². The maximum atomic E-state index is 12.2. The lowest BCUT2D eigenvalue weighted by Crippen LogP contribution is -2.48. The highest BCUT2D eigenvalue weighted by molar-refractivity contribution is 7.89. The van der Waals surface area contributed by atoms with E-state index in [1.807, 2.05) is 19.1 Å². The molecule has 1 aromatic rings. The molecule has 1 saturated carbocycles. The molecule has 3 rings (SSSR count). The van der Waals surface area contributed by atoms with Crippen LogP contribution in [0.15, 0.2) is 29.3 Å². The maximum Gasteiger partial charge on any atom is 0.213 e. The summed E-state index contributed by atoms with van der Waals surface area (Å²) < 4.78 is 33.2. The van der Waals surface area contributed by atoms with Crippen LogP contribution in [-0.4, -0.2) is 64.4 Å². The number of nitrogens with zero attached hydrogens (tertiary/aromatic N) is 2. The summed E-state index contributed by atoms with van der Waals surface area (Å²) in [6, 6.07) is 8.27. The molecular formula is C21H34N4O3S. The van der Waals surface area contributed by atoms with Crippen LogP contribution in [0.5, 0.6) is 0 Å². The van der Waals surface area contributed by atoms with E-state index in [4.69, 9.17) is 4.74 Å². The molecule has 0 aromatic heterocycles. The van der Waals surface area contributed by atoms with Gasteiger partial charge in [0.1, 0.15) is 6.10 Å². The molecular weight excluding hydrogens is 388 g/mol. The van der Waals surface area contributed by atoms with Gasteiger partial charge in [-0.1, -0.05) is 30.7 Å². The van der Waals surface area contributed by atoms with Gasteiger partial charge in [-0.05, 0) is 43.7 Å². The Hall–Kier alpha value is -1.64. The van der Waals surface area contributed by atoms with Crippen LogP contribution in [0, 0.1) is 12.8 Å². The third-order valence-corrected chi connectivity index (χ3v) is 7.00. The highest BCUT2D eigenvalue weighted by Gasteiger charge is 2.25. The Morgan fingerprint density at radius 2 is 2.10 bits per heavy atom. The zero-order valence-corrected chi connectivity index (χ0v) is 18.4. The normalized spacial score (nSPS) is 21.1. The summed E-state index contributed by atoms with van der Waals surface area (Å²) in [5, 5.41) is 3.30. The van der Waals surface area contributed by atoms with E-state index < -0.39 is 10.0 Å². The lowest BCUT2D eigenvalue weighted by molar-refractivity contribution is -0.00831. The standard InChI is InChI=1S/C21H34N4O3S/c1-3-22-21(23-11-14-29(26,27)24-15-18-8-6-9-18)25-12-13-28-20(16-25)19-10-5-4-7-17(19)2/h4-5,7,10,18,20,24H,3,6,8-9,11-16H2,1-2H3,(H,22,23). The molecule has 1 unspecified atom stereocenters. The molecule has 7 nitrogen and oxygen atoms in total. The summed E-state index contributed by atoms with van der Waals surface area (Å²) in [5.41, 5.74) is 2.40. The Bertz CT molecular complexity index is 793. The molecule has 0 amide bonds. The number of aryl methyl sites for hydroxylation is 1. The summed E-state index contributed by atoms with van der Waals surface area (Å²) >= 11 is 0. The number of benzene rings is 1. The summed E-state index contributed by atoms with van der Waals surface area (Å²) in [5.74, 6) is 1.28. The molecule has 1 atom stereocenters. The summed E-state index contributed by atoms with van der Waals surface area (Å²) in [4.78, 5) is 6.76. The molecule has 1 aliphatic carbocycles. The second-order valence-electron chi connectivity index (χ2n) is 7.86. The summed E-state index contributed by atoms with van der Waals surface area (Å²) in [6.45, 7) is 7.71. The Morgan fingerprint density at radius 3 is 2.79 bits per heavy atom. The molecule has 2 aliphatic rings. The Kier molecular flexibility index (Phi) is 7.91. The van der Waals surface area contributed by atoms with Crippen molar-refractivity contribution < 1.29 is 13.2 Å². The molecule has 0 radical (unpaired) electrons. The smallest absolute Gasteiger partial charge is 0.213 e. The zero-order valence-electron chi connectivity index (χ0n) is 17.6. The van der Waals surface area contributed by atoms with E-state index in [1.165, 1.54) is 17.5 Å². The van der Waals surface area contributed by atoms with Crippen molar-refractivity contribution in [3.05, 3.63) is 35.4 Å². The third kappa shape index (κ3) is 6.42. The fourth-order valence-electron chi connectivity index (χ4n) is 3.69. The Labute approximate surface area is 175 Å². The minimum absolute atomic E-state index is 0.0123. The maximum absolute atomic E-state index is 12.2. The van der Waals surface area contributed by atoms with Gasteiger partial charge in [-0.3, -0.25) is 4.99 Å². The van der Waals surface area contributed by atoms with Gasteiger partial charge in [-0.2, -0.15) is 0 Å². The van der Waals surface area contributed by atoms with Crippen LogP contribution >= 0.6 is 0 Å². The lowest BCUT2D eigenvalue weighted by Gasteiger charge is -2.35. The van der Waals surface area contributed by atoms with Gasteiger partial charge in [0.05, 0.1) is 25.4 Å². The van der Waals surface area contributed by atoms with E-state index in [9.17, 15) is 8.42 Å². The number of hydrogen-bond donors (Lipinski definition) is 2. The molecule has 1 heterocycles. The number of ether oxygens (including phenoxy) is 1. The highest BCUT2D eigenvalue weighted by Crippen LogP contribution is 2.26. The van der Waals surface area contributed by atoms with Crippen molar-refractivity contribution in [3.8, 4) is 0 Å². The van der Waals surface area contributed by atoms with Gasteiger partial charge in [0.25, 0.3) is 0 Å². The van der Waals surface area contributed by atoms with E-state index in [0.717, 1.165) is 31.9 Å². The first-order valence-corrected chi connectivity index (χ1v) is 12.3. The van der Waals surface area contributed by atoms with E-state index in [1.54, 1.807) is 0 Å². The third-order valence-electron chi connectivity index (χ3n) is 5.67. The number of hydrogen-bond acceptors (Lipinski definition) is 4. The lowest BCUT2D eigenvalue weighted by atomic mass is 9.86. The monoisotopic (exact) mass is 422 g/mol. The Morgan fingerprint density at radius 1 is 1.31 bits per heavy atom. The molecule has 0 bridgehead atoms. The fraction of sp³-hybridized carbons (Fsp3) is 0.667. The van der Waals surface area contributed by atoms with Crippen molar-refractivity contribution in [3.63, 3.8) is 0 Å². The minimum Gasteiger partial charge on any atom is -0.370 e. The van der Waals surface area contributed by atoms with E-state index in [0.29, 0.717) is 25.6 Å². The van der Waals surface area contributed by atoms with E-state index in [2.05, 4.69) is 39.0 Å². The first-order valence-electron chi connectivity index (χ1n) is 10.7. The van der Waals surface area contributed by atoms with Gasteiger partial charge in [0.2, 0.25) is 10.0 Å². The van der Waals surface area contributed by atoms with E-state index >= 15 is 0 Å². The van der Waals surface area contributed by atoms with Crippen molar-refractivity contribution in [1.29, 1.82) is 0 Å². The predicted octanol–water partition coefficient (Wildman–Crippen LogP) is 2.05. The SMILES string of the molecule is CCNC(=NCCS(=O)(=O)NCC1CCC1)N1CCOC(c2ccccc2C)C1. The van der Waals surface area contributed by atoms with Gasteiger partial charge in [0, 0.05) is 19.6 Å². The van der Waals surface area contributed by atoms with Gasteiger partial charge >= 0.3 is 0 Å². The zero-order chi connectivity index (χ0) is 20.7. The molecule has 2 N–H and O–H groups in total. The van der Waals surface area contributed by atoms with Gasteiger partial charge in [0.15, 0.2) is 5.96 Å². The number of nitrogens with one attached hydrogen (secondary N) is 2. The number of guanidine groups is 1. The van der Waals surface area contributed by atoms with Crippen molar-refractivity contribution in [2.24, 2.45) is 10.9 Å². The molecule has 1 aromatic carbocycles. The first kappa shape index (κ1) is 22.1. The number of aliphatic imine (C=N–C) groups is 1. The second-order valence-corrected chi connectivity index (χ2v) is 9.79. The quantitative estimate of drug-likeness (QED) is 0.495. The van der Waals surface area contributed by atoms with Crippen LogP contribution in [0.4, 0.5) is 0 Å². The largest absolute Gasteiger partial charge is 0.370 e. The van der Waals surface area contributed by atoms with Crippen LogP contribution < -0.4 is 10.0 Å². The molecule has 162 valence electrons. The predicted molar refractivity (Wildman–Crippen MR) is 117 cm³/mol. The summed E-state index contributed by atoms with van der Waals surface area (Å²) in [7, 11) is -3.28. The fourth-order valence-corrected chi connectivity index (χ4v) is 4.65.